The fourth-order valence-electron chi connectivity index (χ4n) is 1.51. The van der Waals surface area contributed by atoms with Crippen molar-refractivity contribution in [2.24, 2.45) is 0 Å². The van der Waals surface area contributed by atoms with E-state index in [0.717, 1.165) is 0 Å². The van der Waals surface area contributed by atoms with E-state index in [1.165, 1.54) is 22.9 Å². The highest BCUT2D eigenvalue weighted by Crippen LogP contribution is 2.18. The third-order valence-electron chi connectivity index (χ3n) is 2.32. The van der Waals surface area contributed by atoms with Gasteiger partial charge in [0.15, 0.2) is 0 Å². The fraction of sp³-hybridized carbons (Fsp3) is 0.222. The van der Waals surface area contributed by atoms with E-state index in [2.05, 4.69) is 5.10 Å². The maximum atomic E-state index is 11.7. The maximum Gasteiger partial charge on any atom is 0.274 e. The summed E-state index contributed by atoms with van der Waals surface area (Å²) in [6, 6.07) is 4.17. The van der Waals surface area contributed by atoms with E-state index in [1.807, 2.05) is 6.92 Å². The van der Waals surface area contributed by atoms with Crippen molar-refractivity contribution in [3.05, 3.63) is 28.6 Å². The van der Waals surface area contributed by atoms with Gasteiger partial charge in [0, 0.05) is 17.2 Å². The molecule has 0 amide bonds. The number of benzene rings is 1. The van der Waals surface area contributed by atoms with Gasteiger partial charge in [-0.1, -0.05) is 0 Å². The van der Waals surface area contributed by atoms with Gasteiger partial charge in [-0.25, -0.2) is 8.42 Å². The molecule has 7 heteroatoms. The highest BCUT2D eigenvalue weighted by molar-refractivity contribution is 8.13. The van der Waals surface area contributed by atoms with Crippen LogP contribution in [0.5, 0.6) is 0 Å². The van der Waals surface area contributed by atoms with Gasteiger partial charge < -0.3 is 0 Å². The molecule has 0 saturated heterocycles. The van der Waals surface area contributed by atoms with Gasteiger partial charge in [-0.2, -0.15) is 0 Å². The number of aromatic nitrogens is 2. The number of hydrogen-bond acceptors (Lipinski definition) is 3. The lowest BCUT2D eigenvalue weighted by molar-refractivity contribution is 0.609. The number of aryl methyl sites for hydroxylation is 1. The Hall–Kier alpha value is -1.27. The van der Waals surface area contributed by atoms with Crippen LogP contribution in [0.3, 0.4) is 0 Å². The second-order valence-electron chi connectivity index (χ2n) is 3.31. The van der Waals surface area contributed by atoms with Gasteiger partial charge in [0.2, 0.25) is 0 Å². The molecule has 86 valence electrons. The Morgan fingerprint density at radius 1 is 1.44 bits per heavy atom. The minimum absolute atomic E-state index is 0.0685. The van der Waals surface area contributed by atoms with Gasteiger partial charge in [0.05, 0.1) is 15.8 Å². The first-order valence-electron chi connectivity index (χ1n) is 4.60. The second kappa shape index (κ2) is 3.64. The largest absolute Gasteiger partial charge is 0.295 e. The third-order valence-corrected chi connectivity index (χ3v) is 3.67. The molecule has 5 nitrogen and oxygen atoms in total. The van der Waals surface area contributed by atoms with E-state index in [4.69, 9.17) is 10.7 Å². The van der Waals surface area contributed by atoms with Crippen molar-refractivity contribution in [3.63, 3.8) is 0 Å². The molecule has 1 heterocycles. The average molecular weight is 261 g/mol. The van der Waals surface area contributed by atoms with Crippen molar-refractivity contribution in [2.45, 2.75) is 18.4 Å². The number of nitrogens with zero attached hydrogens (tertiary/aromatic N) is 1. The van der Waals surface area contributed by atoms with E-state index in [0.29, 0.717) is 17.4 Å². The van der Waals surface area contributed by atoms with Crippen LogP contribution in [-0.2, 0) is 15.6 Å². The summed E-state index contributed by atoms with van der Waals surface area (Å²) >= 11 is 0. The van der Waals surface area contributed by atoms with E-state index >= 15 is 0 Å². The molecule has 0 fully saturated rings. The van der Waals surface area contributed by atoms with Crippen molar-refractivity contribution in [1.29, 1.82) is 0 Å². The Kier molecular flexibility index (Phi) is 2.55. The lowest BCUT2D eigenvalue weighted by atomic mass is 10.2. The summed E-state index contributed by atoms with van der Waals surface area (Å²) in [5, 5.41) is 3.18. The zero-order valence-corrected chi connectivity index (χ0v) is 9.97. The lowest BCUT2D eigenvalue weighted by Gasteiger charge is -1.94. The van der Waals surface area contributed by atoms with Crippen molar-refractivity contribution in [1.82, 2.24) is 9.78 Å². The predicted molar refractivity (Wildman–Crippen MR) is 61.3 cm³/mol. The topological polar surface area (TPSA) is 71.9 Å². The molecule has 0 radical (unpaired) electrons. The molecule has 2 rings (SSSR count). The van der Waals surface area contributed by atoms with Gasteiger partial charge in [0.25, 0.3) is 14.6 Å². The minimum Gasteiger partial charge on any atom is -0.295 e. The smallest absolute Gasteiger partial charge is 0.274 e. The highest BCUT2D eigenvalue weighted by Gasteiger charge is 2.13. The highest BCUT2D eigenvalue weighted by atomic mass is 35.7. The van der Waals surface area contributed by atoms with Gasteiger partial charge >= 0.3 is 0 Å². The lowest BCUT2D eigenvalue weighted by Crippen LogP contribution is -2.14. The van der Waals surface area contributed by atoms with Gasteiger partial charge in [0.1, 0.15) is 0 Å². The molecular formula is C9H9ClN2O3S. The standard InChI is InChI=1S/C9H9ClN2O3S/c1-2-12-9(13)7-5-6(16(10,14)15)3-4-8(7)11-12/h3-5,11H,2H2,1H3. The van der Waals surface area contributed by atoms with Crippen molar-refractivity contribution < 1.29 is 8.42 Å². The molecular weight excluding hydrogens is 252 g/mol. The van der Waals surface area contributed by atoms with E-state index in [9.17, 15) is 13.2 Å². The first-order chi connectivity index (χ1) is 7.43. The summed E-state index contributed by atoms with van der Waals surface area (Å²) in [5.74, 6) is 0. The molecule has 0 aliphatic heterocycles. The molecule has 0 aliphatic rings. The monoisotopic (exact) mass is 260 g/mol. The van der Waals surface area contributed by atoms with Crippen LogP contribution in [0.25, 0.3) is 10.9 Å². The van der Waals surface area contributed by atoms with E-state index in [-0.39, 0.29) is 10.5 Å². The van der Waals surface area contributed by atoms with Crippen molar-refractivity contribution in [3.8, 4) is 0 Å². The summed E-state index contributed by atoms with van der Waals surface area (Å²) < 4.78 is 23.6. The van der Waals surface area contributed by atoms with Crippen molar-refractivity contribution >= 4 is 30.6 Å². The Bertz CT molecular complexity index is 699. The molecule has 1 N–H and O–H groups in total. The summed E-state index contributed by atoms with van der Waals surface area (Å²) in [4.78, 5) is 11.7. The molecule has 0 spiro atoms. The summed E-state index contributed by atoms with van der Waals surface area (Å²) in [7, 11) is 1.41. The summed E-state index contributed by atoms with van der Waals surface area (Å²) in [5.41, 5.74) is 0.343. The number of nitrogens with one attached hydrogen (secondary N) is 1. The van der Waals surface area contributed by atoms with E-state index < -0.39 is 9.05 Å². The third kappa shape index (κ3) is 1.74. The van der Waals surface area contributed by atoms with Gasteiger partial charge in [-0.3, -0.25) is 14.6 Å². The van der Waals surface area contributed by atoms with Crippen LogP contribution < -0.4 is 5.56 Å². The van der Waals surface area contributed by atoms with E-state index in [1.54, 1.807) is 0 Å². The van der Waals surface area contributed by atoms with Crippen LogP contribution in [0.15, 0.2) is 27.9 Å². The Morgan fingerprint density at radius 2 is 2.12 bits per heavy atom. The first-order valence-corrected chi connectivity index (χ1v) is 6.91. The molecule has 0 bridgehead atoms. The van der Waals surface area contributed by atoms with Crippen LogP contribution in [0.2, 0.25) is 0 Å². The zero-order valence-electron chi connectivity index (χ0n) is 8.40. The van der Waals surface area contributed by atoms with Gasteiger partial charge in [-0.15, -0.1) is 0 Å². The Morgan fingerprint density at radius 3 is 2.69 bits per heavy atom. The van der Waals surface area contributed by atoms with Crippen LogP contribution in [0, 0.1) is 0 Å². The number of fused-ring (bicyclic) bond motifs is 1. The Balaban J connectivity index is 2.81. The number of aromatic amines is 1. The molecule has 0 saturated carbocycles. The summed E-state index contributed by atoms with van der Waals surface area (Å²) in [6.07, 6.45) is 0. The predicted octanol–water partition coefficient (Wildman–Crippen LogP) is 1.28. The summed E-state index contributed by atoms with van der Waals surface area (Å²) in [6.45, 7) is 2.31. The quantitative estimate of drug-likeness (QED) is 0.827. The van der Waals surface area contributed by atoms with Crippen LogP contribution in [0.4, 0.5) is 0 Å². The number of halogens is 1. The fourth-order valence-corrected chi connectivity index (χ4v) is 2.29. The second-order valence-corrected chi connectivity index (χ2v) is 5.87. The molecule has 0 atom stereocenters. The molecule has 1 aromatic carbocycles. The Labute approximate surface area is 96.0 Å². The van der Waals surface area contributed by atoms with Crippen LogP contribution >= 0.6 is 10.7 Å². The van der Waals surface area contributed by atoms with Crippen LogP contribution in [-0.4, -0.2) is 18.2 Å². The first kappa shape index (κ1) is 11.2. The number of H-pyrrole nitrogens is 1. The van der Waals surface area contributed by atoms with Crippen molar-refractivity contribution in [2.75, 3.05) is 0 Å². The number of hydrogen-bond donors (Lipinski definition) is 1. The SMILES string of the molecule is CCn1[nH]c2ccc(S(=O)(=O)Cl)cc2c1=O. The molecule has 0 unspecified atom stereocenters. The molecule has 0 aliphatic carbocycles. The average Bonchev–Trinajstić information content (AvgIpc) is 2.54. The normalized spacial score (nSPS) is 12.1. The molecule has 2 aromatic rings. The minimum atomic E-state index is -3.80. The van der Waals surface area contributed by atoms with Crippen LogP contribution in [0.1, 0.15) is 6.92 Å². The zero-order chi connectivity index (χ0) is 11.9. The maximum absolute atomic E-state index is 11.7. The van der Waals surface area contributed by atoms with Gasteiger partial charge in [-0.05, 0) is 25.1 Å². The molecule has 16 heavy (non-hydrogen) atoms. The number of rotatable bonds is 2. The molecule has 1 aromatic heterocycles.